The molecule has 4 heteroatoms. The van der Waals surface area contributed by atoms with E-state index in [1.165, 1.54) is 0 Å². The number of hydrogen-bond donors (Lipinski definition) is 2. The summed E-state index contributed by atoms with van der Waals surface area (Å²) in [6, 6.07) is 9.95. The number of para-hydroxylation sites is 1. The zero-order valence-electron chi connectivity index (χ0n) is 11.1. The van der Waals surface area contributed by atoms with Crippen LogP contribution in [0.3, 0.4) is 0 Å². The number of pyridine rings is 1. The summed E-state index contributed by atoms with van der Waals surface area (Å²) in [7, 11) is 0. The van der Waals surface area contributed by atoms with Gasteiger partial charge in [-0.25, -0.2) is 0 Å². The van der Waals surface area contributed by atoms with E-state index in [0.29, 0.717) is 12.0 Å². The molecule has 0 fully saturated rings. The van der Waals surface area contributed by atoms with E-state index in [1.807, 2.05) is 31.2 Å². The van der Waals surface area contributed by atoms with Crippen LogP contribution in [0.5, 0.6) is 0 Å². The molecule has 2 aromatic rings. The Morgan fingerprint density at radius 3 is 2.79 bits per heavy atom. The van der Waals surface area contributed by atoms with Crippen molar-refractivity contribution in [2.24, 2.45) is 0 Å². The van der Waals surface area contributed by atoms with Gasteiger partial charge in [-0.1, -0.05) is 18.2 Å². The summed E-state index contributed by atoms with van der Waals surface area (Å²) in [6.07, 6.45) is 1.84. The fourth-order valence-corrected chi connectivity index (χ4v) is 2.20. The molecular weight excluding hydrogens is 238 g/mol. The number of anilines is 1. The highest BCUT2D eigenvalue weighted by atomic mass is 16.3. The second kappa shape index (κ2) is 5.68. The number of nitrogens with zero attached hydrogens (tertiary/aromatic N) is 2. The minimum absolute atomic E-state index is 0.0814. The molecule has 0 aliphatic carbocycles. The first-order valence-corrected chi connectivity index (χ1v) is 6.34. The topological polar surface area (TPSA) is 68.9 Å². The maximum Gasteiger partial charge on any atom is 0.103 e. The summed E-state index contributed by atoms with van der Waals surface area (Å²) in [5, 5.41) is 22.9. The van der Waals surface area contributed by atoms with E-state index in [1.54, 1.807) is 13.1 Å². The highest BCUT2D eigenvalue weighted by molar-refractivity contribution is 5.93. The number of aromatic nitrogens is 1. The molecule has 1 heterocycles. The van der Waals surface area contributed by atoms with Crippen molar-refractivity contribution < 1.29 is 5.11 Å². The van der Waals surface area contributed by atoms with Gasteiger partial charge in [0.25, 0.3) is 0 Å². The number of aliphatic hydroxyl groups excluding tert-OH is 1. The number of aliphatic hydroxyl groups is 1. The van der Waals surface area contributed by atoms with Gasteiger partial charge in [-0.3, -0.25) is 4.98 Å². The molecule has 1 aromatic carbocycles. The average Bonchev–Trinajstić information content (AvgIpc) is 2.38. The molecule has 0 saturated heterocycles. The molecule has 4 nitrogen and oxygen atoms in total. The van der Waals surface area contributed by atoms with Crippen LogP contribution in [0.15, 0.2) is 30.5 Å². The third-order valence-corrected chi connectivity index (χ3v) is 2.98. The maximum atomic E-state index is 9.42. The lowest BCUT2D eigenvalue weighted by molar-refractivity contribution is 0.179. The van der Waals surface area contributed by atoms with Crippen molar-refractivity contribution in [2.45, 2.75) is 32.4 Å². The average molecular weight is 255 g/mol. The molecule has 0 saturated carbocycles. The summed E-state index contributed by atoms with van der Waals surface area (Å²) in [5.74, 6) is 0. The van der Waals surface area contributed by atoms with Gasteiger partial charge in [-0.05, 0) is 26.3 Å². The zero-order chi connectivity index (χ0) is 13.8. The van der Waals surface area contributed by atoms with Gasteiger partial charge in [-0.15, -0.1) is 0 Å². The number of fused-ring (bicyclic) bond motifs is 1. The zero-order valence-corrected chi connectivity index (χ0v) is 11.1. The first-order valence-electron chi connectivity index (χ1n) is 6.34. The fraction of sp³-hybridized carbons (Fsp3) is 0.333. The van der Waals surface area contributed by atoms with Crippen LogP contribution in [0.1, 0.15) is 25.8 Å². The standard InChI is InChI=1S/C15H17N3O/c1-10(7-11(2)19)18-15-12(8-16)9-17-14-6-4-3-5-13(14)15/h3-6,9-11,19H,7H2,1-2H3,(H,17,18). The molecule has 1 aromatic heterocycles. The van der Waals surface area contributed by atoms with E-state index in [-0.39, 0.29) is 12.1 Å². The van der Waals surface area contributed by atoms with Crippen LogP contribution in [0, 0.1) is 11.3 Å². The predicted octanol–water partition coefficient (Wildman–Crippen LogP) is 2.68. The molecule has 2 unspecified atom stereocenters. The molecule has 2 rings (SSSR count). The van der Waals surface area contributed by atoms with Crippen molar-refractivity contribution in [2.75, 3.05) is 5.32 Å². The molecule has 2 atom stereocenters. The minimum Gasteiger partial charge on any atom is -0.393 e. The summed E-state index contributed by atoms with van der Waals surface area (Å²) in [6.45, 7) is 3.75. The van der Waals surface area contributed by atoms with E-state index in [4.69, 9.17) is 0 Å². The monoisotopic (exact) mass is 255 g/mol. The molecule has 19 heavy (non-hydrogen) atoms. The van der Waals surface area contributed by atoms with E-state index in [9.17, 15) is 10.4 Å². The van der Waals surface area contributed by atoms with E-state index < -0.39 is 0 Å². The SMILES string of the molecule is CC(O)CC(C)Nc1c(C#N)cnc2ccccc12. The molecule has 0 aliphatic heterocycles. The van der Waals surface area contributed by atoms with Gasteiger partial charge in [0.15, 0.2) is 0 Å². The Morgan fingerprint density at radius 1 is 1.37 bits per heavy atom. The first-order chi connectivity index (χ1) is 9.11. The van der Waals surface area contributed by atoms with Crippen molar-refractivity contribution in [3.05, 3.63) is 36.0 Å². The summed E-state index contributed by atoms with van der Waals surface area (Å²) >= 11 is 0. The normalized spacial score (nSPS) is 13.8. The lowest BCUT2D eigenvalue weighted by Gasteiger charge is -2.19. The van der Waals surface area contributed by atoms with Crippen LogP contribution in [0.2, 0.25) is 0 Å². The largest absolute Gasteiger partial charge is 0.393 e. The van der Waals surface area contributed by atoms with Gasteiger partial charge in [0, 0.05) is 17.6 Å². The Hall–Kier alpha value is -2.12. The number of rotatable bonds is 4. The Morgan fingerprint density at radius 2 is 2.11 bits per heavy atom. The van der Waals surface area contributed by atoms with Crippen LogP contribution < -0.4 is 5.32 Å². The first kappa shape index (κ1) is 13.3. The van der Waals surface area contributed by atoms with Crippen LogP contribution in [0.4, 0.5) is 5.69 Å². The summed E-state index contributed by atoms with van der Waals surface area (Å²) in [4.78, 5) is 4.27. The molecule has 2 N–H and O–H groups in total. The smallest absolute Gasteiger partial charge is 0.103 e. The molecule has 0 spiro atoms. The lowest BCUT2D eigenvalue weighted by atomic mass is 10.1. The summed E-state index contributed by atoms with van der Waals surface area (Å²) in [5.41, 5.74) is 2.17. The number of hydrogen-bond acceptors (Lipinski definition) is 4. The van der Waals surface area contributed by atoms with Crippen LogP contribution in [-0.2, 0) is 0 Å². The molecule has 98 valence electrons. The van der Waals surface area contributed by atoms with Gasteiger partial charge >= 0.3 is 0 Å². The van der Waals surface area contributed by atoms with Crippen LogP contribution in [0.25, 0.3) is 10.9 Å². The van der Waals surface area contributed by atoms with Crippen molar-refractivity contribution in [3.63, 3.8) is 0 Å². The molecule has 0 aliphatic rings. The molecular formula is C15H17N3O. The van der Waals surface area contributed by atoms with Crippen molar-refractivity contribution in [1.82, 2.24) is 4.98 Å². The second-order valence-electron chi connectivity index (χ2n) is 4.81. The number of nitriles is 1. The highest BCUT2D eigenvalue weighted by Crippen LogP contribution is 2.26. The molecule has 0 amide bonds. The minimum atomic E-state index is -0.374. The quantitative estimate of drug-likeness (QED) is 0.881. The van der Waals surface area contributed by atoms with Crippen molar-refractivity contribution in [3.8, 4) is 6.07 Å². The van der Waals surface area contributed by atoms with E-state index >= 15 is 0 Å². The Labute approximate surface area is 112 Å². The van der Waals surface area contributed by atoms with Crippen molar-refractivity contribution in [1.29, 1.82) is 5.26 Å². The van der Waals surface area contributed by atoms with Gasteiger partial charge in [0.2, 0.25) is 0 Å². The van der Waals surface area contributed by atoms with Crippen molar-refractivity contribution >= 4 is 16.6 Å². The predicted molar refractivity (Wildman–Crippen MR) is 75.8 cm³/mol. The Kier molecular flexibility index (Phi) is 3.98. The number of nitrogens with one attached hydrogen (secondary N) is 1. The second-order valence-corrected chi connectivity index (χ2v) is 4.81. The van der Waals surface area contributed by atoms with E-state index in [0.717, 1.165) is 16.6 Å². The van der Waals surface area contributed by atoms with Gasteiger partial charge < -0.3 is 10.4 Å². The highest BCUT2D eigenvalue weighted by Gasteiger charge is 2.12. The fourth-order valence-electron chi connectivity index (χ4n) is 2.20. The molecule has 0 bridgehead atoms. The Bertz CT molecular complexity index is 616. The van der Waals surface area contributed by atoms with E-state index in [2.05, 4.69) is 16.4 Å². The molecule has 0 radical (unpaired) electrons. The lowest BCUT2D eigenvalue weighted by Crippen LogP contribution is -2.21. The van der Waals surface area contributed by atoms with Gasteiger partial charge in [0.05, 0.1) is 22.9 Å². The maximum absolute atomic E-state index is 9.42. The van der Waals surface area contributed by atoms with Crippen LogP contribution >= 0.6 is 0 Å². The van der Waals surface area contributed by atoms with Gasteiger partial charge in [-0.2, -0.15) is 5.26 Å². The third-order valence-electron chi connectivity index (χ3n) is 2.98. The number of benzene rings is 1. The third kappa shape index (κ3) is 3.01. The van der Waals surface area contributed by atoms with Crippen LogP contribution in [-0.4, -0.2) is 22.2 Å². The Balaban J connectivity index is 2.42. The van der Waals surface area contributed by atoms with Gasteiger partial charge in [0.1, 0.15) is 6.07 Å². The summed E-state index contributed by atoms with van der Waals surface area (Å²) < 4.78 is 0.